The standard InChI is InChI=1S/C35H42ClNO4/c1-2-3-4-5-9-22-41-33-21-20-30(36)23-31(33)35(40)37-32(24-34(38)39)29-18-16-28(17-19-29)27-14-12-26(13-15-27)25-10-7-6-8-11-25/h12-21,23,25,32H,2-11,22,24H2,1H3,(H,37,40)(H,38,39). The Bertz CT molecular complexity index is 1270. The van der Waals surface area contributed by atoms with Gasteiger partial charge in [0.25, 0.3) is 5.91 Å². The lowest BCUT2D eigenvalue weighted by Crippen LogP contribution is -2.30. The van der Waals surface area contributed by atoms with Crippen molar-refractivity contribution in [2.24, 2.45) is 0 Å². The Morgan fingerprint density at radius 3 is 2.22 bits per heavy atom. The number of hydrogen-bond acceptors (Lipinski definition) is 3. The smallest absolute Gasteiger partial charge is 0.305 e. The van der Waals surface area contributed by atoms with Gasteiger partial charge < -0.3 is 15.2 Å². The van der Waals surface area contributed by atoms with Crippen LogP contribution >= 0.6 is 11.6 Å². The Hall–Kier alpha value is -3.31. The molecule has 1 amide bonds. The van der Waals surface area contributed by atoms with Crippen molar-refractivity contribution < 1.29 is 19.4 Å². The summed E-state index contributed by atoms with van der Waals surface area (Å²) in [4.78, 5) is 25.1. The lowest BCUT2D eigenvalue weighted by atomic mass is 9.83. The van der Waals surface area contributed by atoms with Crippen molar-refractivity contribution >= 4 is 23.5 Å². The fraction of sp³-hybridized carbons (Fsp3) is 0.429. The van der Waals surface area contributed by atoms with Gasteiger partial charge in [0.15, 0.2) is 0 Å². The molecule has 0 bridgehead atoms. The van der Waals surface area contributed by atoms with Crippen LogP contribution in [0.15, 0.2) is 66.7 Å². The van der Waals surface area contributed by atoms with Crippen LogP contribution in [0.25, 0.3) is 11.1 Å². The third kappa shape index (κ3) is 9.09. The molecule has 0 aliphatic heterocycles. The van der Waals surface area contributed by atoms with Crippen LogP contribution in [0.2, 0.25) is 5.02 Å². The highest BCUT2D eigenvalue weighted by Gasteiger charge is 2.22. The normalized spacial score (nSPS) is 14.4. The van der Waals surface area contributed by atoms with E-state index in [1.54, 1.807) is 18.2 Å². The molecule has 5 nitrogen and oxygen atoms in total. The maximum absolute atomic E-state index is 13.4. The molecule has 1 saturated carbocycles. The van der Waals surface area contributed by atoms with Crippen LogP contribution < -0.4 is 10.1 Å². The molecule has 1 atom stereocenters. The topological polar surface area (TPSA) is 75.6 Å². The van der Waals surface area contributed by atoms with Gasteiger partial charge in [-0.15, -0.1) is 0 Å². The van der Waals surface area contributed by atoms with Crippen LogP contribution in [0.1, 0.15) is 111 Å². The highest BCUT2D eigenvalue weighted by atomic mass is 35.5. The Morgan fingerprint density at radius 1 is 0.902 bits per heavy atom. The van der Waals surface area contributed by atoms with Gasteiger partial charge in [0.2, 0.25) is 0 Å². The summed E-state index contributed by atoms with van der Waals surface area (Å²) < 4.78 is 5.94. The Balaban J connectivity index is 1.44. The van der Waals surface area contributed by atoms with Crippen molar-refractivity contribution in [2.75, 3.05) is 6.61 Å². The second-order valence-corrected chi connectivity index (χ2v) is 11.5. The van der Waals surface area contributed by atoms with Gasteiger partial charge in [-0.25, -0.2) is 0 Å². The molecule has 1 aliphatic rings. The van der Waals surface area contributed by atoms with Crippen molar-refractivity contribution in [1.29, 1.82) is 0 Å². The van der Waals surface area contributed by atoms with E-state index in [1.165, 1.54) is 50.5 Å². The molecule has 0 heterocycles. The van der Waals surface area contributed by atoms with Crippen molar-refractivity contribution in [1.82, 2.24) is 5.32 Å². The van der Waals surface area contributed by atoms with E-state index in [9.17, 15) is 14.7 Å². The molecule has 2 N–H and O–H groups in total. The van der Waals surface area contributed by atoms with Gasteiger partial charge in [0.05, 0.1) is 24.6 Å². The average Bonchev–Trinajstić information content (AvgIpc) is 2.99. The summed E-state index contributed by atoms with van der Waals surface area (Å²) in [5, 5.41) is 12.9. The van der Waals surface area contributed by atoms with Gasteiger partial charge in [-0.3, -0.25) is 9.59 Å². The summed E-state index contributed by atoms with van der Waals surface area (Å²) >= 11 is 6.22. The summed E-state index contributed by atoms with van der Waals surface area (Å²) in [7, 11) is 0. The fourth-order valence-electron chi connectivity index (χ4n) is 5.65. The number of benzene rings is 3. The second-order valence-electron chi connectivity index (χ2n) is 11.1. The molecular weight excluding hydrogens is 534 g/mol. The van der Waals surface area contributed by atoms with Gasteiger partial charge in [-0.1, -0.05) is 112 Å². The maximum atomic E-state index is 13.4. The average molecular weight is 576 g/mol. The zero-order valence-corrected chi connectivity index (χ0v) is 24.8. The molecule has 1 fully saturated rings. The SMILES string of the molecule is CCCCCCCOc1ccc(Cl)cc1C(=O)NC(CC(=O)O)c1ccc(-c2ccc(C3CCCCC3)cc2)cc1. The van der Waals surface area contributed by atoms with Crippen molar-refractivity contribution in [3.05, 3.63) is 88.4 Å². The lowest BCUT2D eigenvalue weighted by Gasteiger charge is -2.22. The molecule has 6 heteroatoms. The van der Waals surface area contributed by atoms with Crippen LogP contribution in [0.5, 0.6) is 5.75 Å². The third-order valence-electron chi connectivity index (χ3n) is 8.01. The van der Waals surface area contributed by atoms with Crippen LogP contribution in [-0.4, -0.2) is 23.6 Å². The first kappa shape index (κ1) is 30.6. The summed E-state index contributed by atoms with van der Waals surface area (Å²) in [6, 6.07) is 20.8. The van der Waals surface area contributed by atoms with Crippen molar-refractivity contribution in [3.8, 4) is 16.9 Å². The van der Waals surface area contributed by atoms with E-state index >= 15 is 0 Å². The van der Waals surface area contributed by atoms with E-state index < -0.39 is 17.9 Å². The minimum absolute atomic E-state index is 0.241. The lowest BCUT2D eigenvalue weighted by molar-refractivity contribution is -0.137. The Morgan fingerprint density at radius 2 is 1.56 bits per heavy atom. The highest BCUT2D eigenvalue weighted by molar-refractivity contribution is 6.31. The predicted molar refractivity (Wildman–Crippen MR) is 166 cm³/mol. The second kappa shape index (κ2) is 15.6. The number of carboxylic acid groups (broad SMARTS) is 1. The number of ether oxygens (including phenoxy) is 1. The maximum Gasteiger partial charge on any atom is 0.305 e. The predicted octanol–water partition coefficient (Wildman–Crippen LogP) is 9.35. The molecule has 41 heavy (non-hydrogen) atoms. The van der Waals surface area contributed by atoms with Gasteiger partial charge in [0.1, 0.15) is 5.75 Å². The molecule has 1 unspecified atom stereocenters. The summed E-state index contributed by atoms with van der Waals surface area (Å²) in [5.74, 6) is -0.297. The van der Waals surface area contributed by atoms with E-state index in [0.29, 0.717) is 28.9 Å². The van der Waals surface area contributed by atoms with Gasteiger partial charge in [-0.2, -0.15) is 0 Å². The van der Waals surface area contributed by atoms with Crippen LogP contribution in [-0.2, 0) is 4.79 Å². The van der Waals surface area contributed by atoms with E-state index in [1.807, 2.05) is 24.3 Å². The monoisotopic (exact) mass is 575 g/mol. The number of carboxylic acids is 1. The Kier molecular flexibility index (Phi) is 11.7. The molecule has 0 spiro atoms. The summed E-state index contributed by atoms with van der Waals surface area (Å²) in [6.07, 6.45) is 11.8. The van der Waals surface area contributed by atoms with Gasteiger partial charge >= 0.3 is 5.97 Å². The number of rotatable bonds is 14. The van der Waals surface area contributed by atoms with Crippen molar-refractivity contribution in [2.45, 2.75) is 89.5 Å². The molecule has 218 valence electrons. The number of carbonyl (C=O) groups is 2. The first-order valence-electron chi connectivity index (χ1n) is 15.1. The zero-order valence-electron chi connectivity index (χ0n) is 24.0. The number of amides is 1. The molecule has 0 aromatic heterocycles. The molecular formula is C35H42ClNO4. The number of hydrogen-bond donors (Lipinski definition) is 2. The van der Waals surface area contributed by atoms with Gasteiger partial charge in [-0.05, 0) is 65.6 Å². The fourth-order valence-corrected chi connectivity index (χ4v) is 5.82. The molecule has 3 aromatic carbocycles. The molecule has 1 aliphatic carbocycles. The summed E-state index contributed by atoms with van der Waals surface area (Å²) in [6.45, 7) is 2.68. The van der Waals surface area contributed by atoms with E-state index in [0.717, 1.165) is 36.0 Å². The quantitative estimate of drug-likeness (QED) is 0.188. The minimum atomic E-state index is -0.993. The molecule has 0 radical (unpaired) electrons. The number of halogens is 1. The van der Waals surface area contributed by atoms with E-state index in [4.69, 9.17) is 16.3 Å². The molecule has 4 rings (SSSR count). The first-order chi connectivity index (χ1) is 19.9. The first-order valence-corrected chi connectivity index (χ1v) is 15.5. The number of aliphatic carboxylic acids is 1. The van der Waals surface area contributed by atoms with Gasteiger partial charge in [0, 0.05) is 5.02 Å². The number of nitrogens with one attached hydrogen (secondary N) is 1. The van der Waals surface area contributed by atoms with Crippen LogP contribution in [0.3, 0.4) is 0 Å². The molecule has 0 saturated heterocycles. The Labute approximate surface area is 249 Å². The van der Waals surface area contributed by atoms with Crippen molar-refractivity contribution in [3.63, 3.8) is 0 Å². The van der Waals surface area contributed by atoms with Crippen LogP contribution in [0, 0.1) is 0 Å². The third-order valence-corrected chi connectivity index (χ3v) is 8.24. The minimum Gasteiger partial charge on any atom is -0.493 e. The highest BCUT2D eigenvalue weighted by Crippen LogP contribution is 2.34. The number of carbonyl (C=O) groups excluding carboxylic acids is 1. The number of unbranched alkanes of at least 4 members (excludes halogenated alkanes) is 4. The van der Waals surface area contributed by atoms with Crippen LogP contribution in [0.4, 0.5) is 0 Å². The molecule has 3 aromatic rings. The van der Waals surface area contributed by atoms with E-state index in [-0.39, 0.29) is 6.42 Å². The zero-order chi connectivity index (χ0) is 29.0. The summed E-state index contributed by atoms with van der Waals surface area (Å²) in [5.41, 5.74) is 4.61. The largest absolute Gasteiger partial charge is 0.493 e. The van der Waals surface area contributed by atoms with E-state index in [2.05, 4.69) is 36.5 Å².